The molecule has 0 radical (unpaired) electrons. The zero-order valence-corrected chi connectivity index (χ0v) is 11.3. The zero-order valence-electron chi connectivity index (χ0n) is 9.80. The van der Waals surface area contributed by atoms with Crippen molar-refractivity contribution in [2.75, 3.05) is 11.9 Å². The van der Waals surface area contributed by atoms with Crippen molar-refractivity contribution in [1.82, 2.24) is 5.32 Å². The molecule has 0 saturated heterocycles. The van der Waals surface area contributed by atoms with Gasteiger partial charge in [-0.25, -0.2) is 4.79 Å². The highest BCUT2D eigenvalue weighted by atomic mass is 35.5. The Bertz CT molecular complexity index is 461. The SMILES string of the molecule is NC1(CNC(=O)Nc2cc(Cl)ccc2Cl)CCC1. The van der Waals surface area contributed by atoms with Gasteiger partial charge in [0.05, 0.1) is 10.7 Å². The molecular formula is C12H15Cl2N3O. The van der Waals surface area contributed by atoms with Crippen molar-refractivity contribution in [1.29, 1.82) is 0 Å². The summed E-state index contributed by atoms with van der Waals surface area (Å²) in [5.74, 6) is 0. The van der Waals surface area contributed by atoms with E-state index in [-0.39, 0.29) is 11.6 Å². The van der Waals surface area contributed by atoms with Gasteiger partial charge in [-0.3, -0.25) is 0 Å². The predicted molar refractivity (Wildman–Crippen MR) is 74.3 cm³/mol. The number of urea groups is 1. The second-order valence-electron chi connectivity index (χ2n) is 4.65. The summed E-state index contributed by atoms with van der Waals surface area (Å²) in [6, 6.07) is 4.58. The van der Waals surface area contributed by atoms with Crippen molar-refractivity contribution in [2.24, 2.45) is 5.73 Å². The molecule has 1 saturated carbocycles. The first kappa shape index (κ1) is 13.5. The summed E-state index contributed by atoms with van der Waals surface area (Å²) in [7, 11) is 0. The number of amides is 2. The number of halogens is 2. The van der Waals surface area contributed by atoms with Gasteiger partial charge in [-0.05, 0) is 37.5 Å². The summed E-state index contributed by atoms with van der Waals surface area (Å²) in [4.78, 5) is 11.7. The number of nitrogens with two attached hydrogens (primary N) is 1. The molecule has 1 aromatic carbocycles. The Morgan fingerprint density at radius 3 is 2.72 bits per heavy atom. The van der Waals surface area contributed by atoms with E-state index in [4.69, 9.17) is 28.9 Å². The fourth-order valence-corrected chi connectivity index (χ4v) is 2.16. The molecule has 0 unspecified atom stereocenters. The van der Waals surface area contributed by atoms with Crippen LogP contribution in [-0.4, -0.2) is 18.1 Å². The molecule has 98 valence electrons. The van der Waals surface area contributed by atoms with Crippen LogP contribution in [0.4, 0.5) is 10.5 Å². The summed E-state index contributed by atoms with van der Waals surface area (Å²) in [6.45, 7) is 0.469. The third kappa shape index (κ3) is 3.28. The number of hydrogen-bond donors (Lipinski definition) is 3. The molecule has 1 aromatic rings. The van der Waals surface area contributed by atoms with Gasteiger partial charge in [0.15, 0.2) is 0 Å². The Morgan fingerprint density at radius 1 is 1.39 bits per heavy atom. The maximum absolute atomic E-state index is 11.7. The number of carbonyl (C=O) groups is 1. The minimum absolute atomic E-state index is 0.241. The Morgan fingerprint density at radius 2 is 2.11 bits per heavy atom. The molecule has 2 amide bonds. The van der Waals surface area contributed by atoms with Crippen LogP contribution in [0.15, 0.2) is 18.2 Å². The Hall–Kier alpha value is -0.970. The van der Waals surface area contributed by atoms with E-state index in [1.807, 2.05) is 0 Å². The van der Waals surface area contributed by atoms with Crippen LogP contribution in [0.2, 0.25) is 10.0 Å². The quantitative estimate of drug-likeness (QED) is 0.800. The van der Waals surface area contributed by atoms with E-state index in [0.717, 1.165) is 19.3 Å². The van der Waals surface area contributed by atoms with Crippen LogP contribution in [0.25, 0.3) is 0 Å². The topological polar surface area (TPSA) is 67.1 Å². The van der Waals surface area contributed by atoms with Crippen molar-refractivity contribution in [3.8, 4) is 0 Å². The molecule has 4 nitrogen and oxygen atoms in total. The second kappa shape index (κ2) is 5.34. The van der Waals surface area contributed by atoms with E-state index in [1.54, 1.807) is 18.2 Å². The molecule has 0 bridgehead atoms. The average Bonchev–Trinajstić information content (AvgIpc) is 2.29. The molecule has 0 spiro atoms. The second-order valence-corrected chi connectivity index (χ2v) is 5.49. The van der Waals surface area contributed by atoms with Crippen LogP contribution in [0.3, 0.4) is 0 Å². The van der Waals surface area contributed by atoms with Gasteiger partial charge in [-0.2, -0.15) is 0 Å². The van der Waals surface area contributed by atoms with E-state index in [1.165, 1.54) is 0 Å². The van der Waals surface area contributed by atoms with Gasteiger partial charge in [0.25, 0.3) is 0 Å². The van der Waals surface area contributed by atoms with Crippen molar-refractivity contribution in [3.05, 3.63) is 28.2 Å². The monoisotopic (exact) mass is 287 g/mol. The first-order valence-corrected chi connectivity index (χ1v) is 6.53. The summed E-state index contributed by atoms with van der Waals surface area (Å²) in [5.41, 5.74) is 6.26. The highest BCUT2D eigenvalue weighted by Gasteiger charge is 2.32. The molecule has 1 fully saturated rings. The molecule has 0 heterocycles. The van der Waals surface area contributed by atoms with Crippen molar-refractivity contribution < 1.29 is 4.79 Å². The van der Waals surface area contributed by atoms with Crippen LogP contribution in [-0.2, 0) is 0 Å². The van der Waals surface area contributed by atoms with Gasteiger partial charge >= 0.3 is 6.03 Å². The van der Waals surface area contributed by atoms with Crippen LogP contribution in [0.1, 0.15) is 19.3 Å². The van der Waals surface area contributed by atoms with Gasteiger partial charge < -0.3 is 16.4 Å². The van der Waals surface area contributed by atoms with Gasteiger partial charge in [-0.15, -0.1) is 0 Å². The van der Waals surface area contributed by atoms with E-state index in [9.17, 15) is 4.79 Å². The first-order chi connectivity index (χ1) is 8.48. The summed E-state index contributed by atoms with van der Waals surface area (Å²) in [6.07, 6.45) is 3.02. The highest BCUT2D eigenvalue weighted by molar-refractivity contribution is 6.35. The van der Waals surface area contributed by atoms with Crippen molar-refractivity contribution in [3.63, 3.8) is 0 Å². The fourth-order valence-electron chi connectivity index (χ4n) is 1.82. The number of carbonyl (C=O) groups excluding carboxylic acids is 1. The minimum atomic E-state index is -0.323. The normalized spacial score (nSPS) is 16.8. The molecular weight excluding hydrogens is 273 g/mol. The number of benzene rings is 1. The van der Waals surface area contributed by atoms with Crippen molar-refractivity contribution >= 4 is 34.9 Å². The van der Waals surface area contributed by atoms with E-state index >= 15 is 0 Å². The summed E-state index contributed by atoms with van der Waals surface area (Å²) < 4.78 is 0. The van der Waals surface area contributed by atoms with Crippen LogP contribution in [0, 0.1) is 0 Å². The molecule has 1 aliphatic rings. The van der Waals surface area contributed by atoms with E-state index in [2.05, 4.69) is 10.6 Å². The highest BCUT2D eigenvalue weighted by Crippen LogP contribution is 2.28. The van der Waals surface area contributed by atoms with Crippen LogP contribution >= 0.6 is 23.2 Å². The van der Waals surface area contributed by atoms with Gasteiger partial charge in [0.1, 0.15) is 0 Å². The molecule has 6 heteroatoms. The standard InChI is InChI=1S/C12H15Cl2N3O/c13-8-2-3-9(14)10(6-8)17-11(18)16-7-12(15)4-1-5-12/h2-3,6H,1,4-5,7,15H2,(H2,16,17,18). The van der Waals surface area contributed by atoms with Crippen LogP contribution < -0.4 is 16.4 Å². The lowest BCUT2D eigenvalue weighted by molar-refractivity contribution is 0.225. The lowest BCUT2D eigenvalue weighted by Crippen LogP contribution is -2.55. The molecule has 4 N–H and O–H groups in total. The number of hydrogen-bond acceptors (Lipinski definition) is 2. The maximum Gasteiger partial charge on any atom is 0.319 e. The Labute approximate surface area is 116 Å². The smallest absolute Gasteiger partial charge is 0.319 e. The average molecular weight is 288 g/mol. The summed E-state index contributed by atoms with van der Waals surface area (Å²) in [5, 5.41) is 6.36. The fraction of sp³-hybridized carbons (Fsp3) is 0.417. The lowest BCUT2D eigenvalue weighted by atomic mass is 9.78. The minimum Gasteiger partial charge on any atom is -0.336 e. The van der Waals surface area contributed by atoms with E-state index < -0.39 is 0 Å². The Balaban J connectivity index is 1.88. The third-order valence-electron chi connectivity index (χ3n) is 3.13. The van der Waals surface area contributed by atoms with Gasteiger partial charge in [0, 0.05) is 17.1 Å². The Kier molecular flexibility index (Phi) is 4.00. The number of rotatable bonds is 3. The largest absolute Gasteiger partial charge is 0.336 e. The number of anilines is 1. The predicted octanol–water partition coefficient (Wildman–Crippen LogP) is 3.00. The molecule has 0 aliphatic heterocycles. The van der Waals surface area contributed by atoms with Gasteiger partial charge in [-0.1, -0.05) is 23.2 Å². The molecule has 0 aromatic heterocycles. The molecule has 1 aliphatic carbocycles. The first-order valence-electron chi connectivity index (χ1n) is 5.77. The molecule has 0 atom stereocenters. The van der Waals surface area contributed by atoms with Gasteiger partial charge in [0.2, 0.25) is 0 Å². The van der Waals surface area contributed by atoms with E-state index in [0.29, 0.717) is 22.3 Å². The molecule has 18 heavy (non-hydrogen) atoms. The summed E-state index contributed by atoms with van der Waals surface area (Å²) >= 11 is 11.8. The molecule has 2 rings (SSSR count). The third-order valence-corrected chi connectivity index (χ3v) is 3.69. The van der Waals surface area contributed by atoms with Crippen molar-refractivity contribution in [2.45, 2.75) is 24.8 Å². The zero-order chi connectivity index (χ0) is 13.2. The van der Waals surface area contributed by atoms with Crippen LogP contribution in [0.5, 0.6) is 0 Å². The maximum atomic E-state index is 11.7. The number of nitrogens with one attached hydrogen (secondary N) is 2. The lowest BCUT2D eigenvalue weighted by Gasteiger charge is -2.38.